The van der Waals surface area contributed by atoms with Gasteiger partial charge in [-0.2, -0.15) is 26.3 Å². The third-order valence-electron chi connectivity index (χ3n) is 7.00. The van der Waals surface area contributed by atoms with Crippen molar-refractivity contribution < 1.29 is 26.3 Å². The zero-order valence-corrected chi connectivity index (χ0v) is 20.1. The van der Waals surface area contributed by atoms with Crippen molar-refractivity contribution in [2.75, 3.05) is 25.4 Å². The van der Waals surface area contributed by atoms with Crippen molar-refractivity contribution in [1.82, 2.24) is 24.6 Å². The minimum absolute atomic E-state index is 0.0789. The highest BCUT2D eigenvalue weighted by Crippen LogP contribution is 2.59. The molecule has 3 aromatic rings. The number of fused-ring (bicyclic) bond motifs is 1. The van der Waals surface area contributed by atoms with E-state index < -0.39 is 23.6 Å². The van der Waals surface area contributed by atoms with Crippen molar-refractivity contribution in [3.05, 3.63) is 59.4 Å². The van der Waals surface area contributed by atoms with Crippen LogP contribution in [0.1, 0.15) is 29.7 Å². The Hall–Kier alpha value is -2.60. The molecule has 12 heteroatoms. The molecule has 192 valence electrons. The van der Waals surface area contributed by atoms with Gasteiger partial charge in [-0.1, -0.05) is 30.0 Å². The largest absolute Gasteiger partial charge is 0.433 e. The van der Waals surface area contributed by atoms with Crippen LogP contribution in [0.4, 0.5) is 26.3 Å². The summed E-state index contributed by atoms with van der Waals surface area (Å²) in [6.07, 6.45) is -5.56. The van der Waals surface area contributed by atoms with Crippen molar-refractivity contribution in [2.24, 2.45) is 13.0 Å². The molecule has 1 aliphatic heterocycles. The van der Waals surface area contributed by atoms with Gasteiger partial charge in [-0.3, -0.25) is 4.98 Å². The van der Waals surface area contributed by atoms with Crippen LogP contribution in [0.5, 0.6) is 0 Å². The van der Waals surface area contributed by atoms with E-state index in [0.29, 0.717) is 22.5 Å². The van der Waals surface area contributed by atoms with Gasteiger partial charge in [0.25, 0.3) is 0 Å². The van der Waals surface area contributed by atoms with Crippen LogP contribution in [0.15, 0.2) is 47.8 Å². The highest BCUT2D eigenvalue weighted by atomic mass is 32.2. The summed E-state index contributed by atoms with van der Waals surface area (Å²) in [4.78, 5) is 5.98. The van der Waals surface area contributed by atoms with Crippen molar-refractivity contribution in [3.8, 4) is 11.4 Å². The van der Waals surface area contributed by atoms with Gasteiger partial charge in [-0.05, 0) is 49.1 Å². The number of hydrogen-bond donors (Lipinski definition) is 0. The van der Waals surface area contributed by atoms with Gasteiger partial charge in [-0.15, -0.1) is 10.2 Å². The van der Waals surface area contributed by atoms with Crippen LogP contribution in [0, 0.1) is 5.92 Å². The van der Waals surface area contributed by atoms with Gasteiger partial charge >= 0.3 is 12.4 Å². The van der Waals surface area contributed by atoms with Gasteiger partial charge in [0.15, 0.2) is 11.0 Å². The molecular formula is C24H23F6N5S. The number of alkyl halides is 6. The molecule has 0 N–H and O–H groups in total. The predicted octanol–water partition coefficient (Wildman–Crippen LogP) is 5.67. The van der Waals surface area contributed by atoms with Crippen molar-refractivity contribution >= 4 is 11.8 Å². The molecule has 1 aliphatic carbocycles. The molecule has 2 aliphatic rings. The lowest BCUT2D eigenvalue weighted by Gasteiger charge is -2.21. The third kappa shape index (κ3) is 4.84. The molecule has 0 unspecified atom stereocenters. The van der Waals surface area contributed by atoms with Crippen molar-refractivity contribution in [2.45, 2.75) is 35.8 Å². The Morgan fingerprint density at radius 3 is 2.39 bits per heavy atom. The van der Waals surface area contributed by atoms with E-state index in [1.54, 1.807) is 17.7 Å². The lowest BCUT2D eigenvalue weighted by molar-refractivity contribution is -0.141. The minimum Gasteiger partial charge on any atom is -0.305 e. The monoisotopic (exact) mass is 527 g/mol. The molecule has 1 saturated heterocycles. The number of nitrogens with zero attached hydrogens (tertiary/aromatic N) is 5. The molecule has 0 radical (unpaired) electrons. The molecule has 0 spiro atoms. The molecule has 2 aromatic heterocycles. The summed E-state index contributed by atoms with van der Waals surface area (Å²) in [6.45, 7) is 2.61. The van der Waals surface area contributed by atoms with E-state index in [4.69, 9.17) is 0 Å². The first kappa shape index (κ1) is 25.1. The van der Waals surface area contributed by atoms with E-state index in [1.165, 1.54) is 30.1 Å². The smallest absolute Gasteiger partial charge is 0.305 e. The number of rotatable bonds is 7. The number of thioether (sulfide) groups is 1. The molecule has 0 bridgehead atoms. The highest BCUT2D eigenvalue weighted by Gasteiger charge is 2.60. The van der Waals surface area contributed by atoms with Gasteiger partial charge < -0.3 is 9.47 Å². The Balaban J connectivity index is 1.12. The molecule has 1 saturated carbocycles. The average Bonchev–Trinajstić information content (AvgIpc) is 3.20. The number of piperidine rings is 1. The van der Waals surface area contributed by atoms with E-state index in [1.807, 2.05) is 0 Å². The lowest BCUT2D eigenvalue weighted by Crippen LogP contribution is -2.28. The zero-order chi connectivity index (χ0) is 25.7. The first-order valence-electron chi connectivity index (χ1n) is 11.4. The van der Waals surface area contributed by atoms with Gasteiger partial charge in [0.1, 0.15) is 5.69 Å². The van der Waals surface area contributed by atoms with E-state index >= 15 is 0 Å². The molecule has 2 atom stereocenters. The predicted molar refractivity (Wildman–Crippen MR) is 122 cm³/mol. The first-order valence-corrected chi connectivity index (χ1v) is 12.4. The summed E-state index contributed by atoms with van der Waals surface area (Å²) >= 11 is 1.53. The first-order chi connectivity index (χ1) is 17.0. The van der Waals surface area contributed by atoms with Gasteiger partial charge in [0.05, 0.1) is 5.56 Å². The Morgan fingerprint density at radius 1 is 1.00 bits per heavy atom. The zero-order valence-electron chi connectivity index (χ0n) is 19.3. The standard InChI is InChI=1S/C24H23F6N5S/c1-34-20(15-3-5-16(6-4-15)23(25,26)27)32-33-21(34)36-10-2-9-35-13-18-11-22(18,14-35)17-7-8-19(31-12-17)24(28,29)30/h3-8,12,18H,2,9-11,13-14H2,1H3/t18-,22+/m0/s1. The molecular weight excluding hydrogens is 504 g/mol. The Labute approximate surface area is 207 Å². The van der Waals surface area contributed by atoms with Crippen LogP contribution < -0.4 is 0 Å². The lowest BCUT2D eigenvalue weighted by atomic mass is 9.96. The second-order valence-corrected chi connectivity index (χ2v) is 10.4. The molecule has 3 heterocycles. The average molecular weight is 528 g/mol. The number of likely N-dealkylation sites (tertiary alicyclic amines) is 1. The summed E-state index contributed by atoms with van der Waals surface area (Å²) in [5.74, 6) is 1.74. The number of hydrogen-bond acceptors (Lipinski definition) is 5. The fourth-order valence-electron chi connectivity index (χ4n) is 5.01. The fourth-order valence-corrected chi connectivity index (χ4v) is 5.85. The summed E-state index contributed by atoms with van der Waals surface area (Å²) < 4.78 is 78.6. The number of benzene rings is 1. The van der Waals surface area contributed by atoms with Gasteiger partial charge in [-0.25, -0.2) is 0 Å². The SMILES string of the molecule is Cn1c(SCCCN2C[C@@H]3C[C@]3(c3ccc(C(F)(F)F)nc3)C2)nnc1-c1ccc(C(F)(F)F)cc1. The van der Waals surface area contributed by atoms with Crippen LogP contribution in [0.2, 0.25) is 0 Å². The van der Waals surface area contributed by atoms with Gasteiger partial charge in [0, 0.05) is 43.1 Å². The molecule has 1 aromatic carbocycles. The van der Waals surface area contributed by atoms with Crippen molar-refractivity contribution in [1.29, 1.82) is 0 Å². The Bertz CT molecular complexity index is 1220. The van der Waals surface area contributed by atoms with Gasteiger partial charge in [0.2, 0.25) is 0 Å². The summed E-state index contributed by atoms with van der Waals surface area (Å²) in [5, 5.41) is 9.00. The normalized spacial score (nSPS) is 22.1. The summed E-state index contributed by atoms with van der Waals surface area (Å²) in [6, 6.07) is 7.48. The molecule has 2 fully saturated rings. The van der Waals surface area contributed by atoms with E-state index in [-0.39, 0.29) is 5.41 Å². The maximum atomic E-state index is 12.8. The maximum absolute atomic E-state index is 12.8. The quantitative estimate of drug-likeness (QED) is 0.225. The Kier molecular flexibility index (Phi) is 6.30. The second kappa shape index (κ2) is 9.05. The molecule has 36 heavy (non-hydrogen) atoms. The summed E-state index contributed by atoms with van der Waals surface area (Å²) in [7, 11) is 1.78. The Morgan fingerprint density at radius 2 is 1.75 bits per heavy atom. The van der Waals surface area contributed by atoms with E-state index in [0.717, 1.165) is 62.0 Å². The van der Waals surface area contributed by atoms with Crippen molar-refractivity contribution in [3.63, 3.8) is 0 Å². The molecule has 5 nitrogen and oxygen atoms in total. The summed E-state index contributed by atoms with van der Waals surface area (Å²) in [5.41, 5.74) is -0.211. The second-order valence-electron chi connectivity index (χ2n) is 9.36. The van der Waals surface area contributed by atoms with Crippen LogP contribution >= 0.6 is 11.8 Å². The highest BCUT2D eigenvalue weighted by molar-refractivity contribution is 7.99. The fraction of sp³-hybridized carbons (Fsp3) is 0.458. The molecule has 5 rings (SSSR count). The minimum atomic E-state index is -4.43. The number of aromatic nitrogens is 4. The number of halogens is 6. The van der Waals surface area contributed by atoms with Crippen LogP contribution in [-0.2, 0) is 24.8 Å². The van der Waals surface area contributed by atoms with E-state index in [2.05, 4.69) is 20.1 Å². The van der Waals surface area contributed by atoms with Crippen LogP contribution in [0.25, 0.3) is 11.4 Å². The number of pyridine rings is 1. The van der Waals surface area contributed by atoms with E-state index in [9.17, 15) is 26.3 Å². The maximum Gasteiger partial charge on any atom is 0.433 e. The van der Waals surface area contributed by atoms with Crippen LogP contribution in [-0.4, -0.2) is 50.0 Å². The molecule has 0 amide bonds. The van der Waals surface area contributed by atoms with Crippen LogP contribution in [0.3, 0.4) is 0 Å². The topological polar surface area (TPSA) is 46.8 Å². The third-order valence-corrected chi connectivity index (χ3v) is 8.11.